The molecule has 0 unspecified atom stereocenters. The van der Waals surface area contributed by atoms with Crippen LogP contribution < -0.4 is 10.2 Å². The highest BCUT2D eigenvalue weighted by molar-refractivity contribution is 5.95. The number of carbonyl (C=O) groups is 2. The van der Waals surface area contributed by atoms with Crippen molar-refractivity contribution in [2.24, 2.45) is 5.92 Å². The van der Waals surface area contributed by atoms with Crippen LogP contribution in [0.2, 0.25) is 0 Å². The summed E-state index contributed by atoms with van der Waals surface area (Å²) in [6, 6.07) is 16.5. The summed E-state index contributed by atoms with van der Waals surface area (Å²) in [5.41, 5.74) is 1.34. The molecule has 1 aliphatic heterocycles. The Morgan fingerprint density at radius 1 is 1.07 bits per heavy atom. The molecule has 154 valence electrons. The zero-order valence-corrected chi connectivity index (χ0v) is 17.0. The number of para-hydroxylation sites is 3. The Bertz CT molecular complexity index is 830. The summed E-state index contributed by atoms with van der Waals surface area (Å²) >= 11 is 0. The van der Waals surface area contributed by atoms with Gasteiger partial charge in [-0.15, -0.1) is 0 Å². The third kappa shape index (κ3) is 5.35. The minimum absolute atomic E-state index is 0.0681. The number of piperidine rings is 1. The van der Waals surface area contributed by atoms with E-state index in [9.17, 15) is 14.7 Å². The van der Waals surface area contributed by atoms with E-state index in [1.54, 1.807) is 24.3 Å². The molecule has 1 fully saturated rings. The van der Waals surface area contributed by atoms with Crippen LogP contribution in [-0.4, -0.2) is 47.5 Å². The molecule has 2 aromatic carbocycles. The summed E-state index contributed by atoms with van der Waals surface area (Å²) < 4.78 is 0. The van der Waals surface area contributed by atoms with Gasteiger partial charge in [-0.2, -0.15) is 0 Å². The Morgan fingerprint density at radius 2 is 1.69 bits per heavy atom. The van der Waals surface area contributed by atoms with E-state index in [0.29, 0.717) is 38.2 Å². The molecule has 0 aromatic heterocycles. The number of nitrogens with zero attached hydrogens (tertiary/aromatic N) is 2. The lowest BCUT2D eigenvalue weighted by atomic mass is 9.95. The number of hydrogen-bond acceptors (Lipinski definition) is 4. The van der Waals surface area contributed by atoms with E-state index in [4.69, 9.17) is 0 Å². The molecule has 1 aliphatic rings. The molecular weight excluding hydrogens is 366 g/mol. The van der Waals surface area contributed by atoms with Gasteiger partial charge >= 0.3 is 0 Å². The molecule has 2 aromatic rings. The number of phenolic OH excluding ortho intramolecular Hbond substituents is 1. The number of nitrogens with one attached hydrogen (secondary N) is 1. The Morgan fingerprint density at radius 3 is 2.31 bits per heavy atom. The van der Waals surface area contributed by atoms with Crippen molar-refractivity contribution in [3.63, 3.8) is 0 Å². The predicted molar refractivity (Wildman–Crippen MR) is 115 cm³/mol. The molecule has 1 heterocycles. The summed E-state index contributed by atoms with van der Waals surface area (Å²) in [7, 11) is 0. The zero-order chi connectivity index (χ0) is 20.8. The lowest BCUT2D eigenvalue weighted by Crippen LogP contribution is -2.47. The third-order valence-corrected chi connectivity index (χ3v) is 5.30. The summed E-state index contributed by atoms with van der Waals surface area (Å²) in [6.45, 7) is 5.78. The lowest BCUT2D eigenvalue weighted by molar-refractivity contribution is -0.122. The van der Waals surface area contributed by atoms with Crippen LogP contribution in [0.3, 0.4) is 0 Å². The van der Waals surface area contributed by atoms with Gasteiger partial charge in [0, 0.05) is 17.6 Å². The molecule has 3 rings (SSSR count). The fraction of sp³-hybridized carbons (Fsp3) is 0.391. The van der Waals surface area contributed by atoms with E-state index >= 15 is 0 Å². The van der Waals surface area contributed by atoms with E-state index in [1.165, 1.54) is 0 Å². The van der Waals surface area contributed by atoms with Crippen LogP contribution in [0.1, 0.15) is 26.7 Å². The van der Waals surface area contributed by atoms with Gasteiger partial charge in [0.05, 0.1) is 12.2 Å². The second-order valence-corrected chi connectivity index (χ2v) is 7.75. The Balaban J connectivity index is 1.53. The molecule has 2 amide bonds. The number of hydrogen-bond donors (Lipinski definition) is 2. The van der Waals surface area contributed by atoms with Gasteiger partial charge < -0.3 is 15.3 Å². The van der Waals surface area contributed by atoms with E-state index in [-0.39, 0.29) is 29.5 Å². The largest absolute Gasteiger partial charge is 0.506 e. The van der Waals surface area contributed by atoms with E-state index < -0.39 is 0 Å². The zero-order valence-electron chi connectivity index (χ0n) is 17.0. The van der Waals surface area contributed by atoms with E-state index in [1.807, 2.05) is 49.1 Å². The Hall–Kier alpha value is -2.86. The third-order valence-electron chi connectivity index (χ3n) is 5.30. The number of carbonyl (C=O) groups excluding carboxylic acids is 2. The minimum Gasteiger partial charge on any atom is -0.506 e. The van der Waals surface area contributed by atoms with E-state index in [2.05, 4.69) is 10.2 Å². The number of benzene rings is 2. The first-order chi connectivity index (χ1) is 14.0. The molecule has 0 saturated carbocycles. The smallest absolute Gasteiger partial charge is 0.241 e. The van der Waals surface area contributed by atoms with Gasteiger partial charge in [0.15, 0.2) is 0 Å². The van der Waals surface area contributed by atoms with Gasteiger partial charge in [-0.1, -0.05) is 30.3 Å². The molecule has 0 atom stereocenters. The van der Waals surface area contributed by atoms with Gasteiger partial charge in [0.1, 0.15) is 5.75 Å². The monoisotopic (exact) mass is 395 g/mol. The SMILES string of the molecule is CC(C)N(C(=O)CN1CCC(C(=O)Nc2ccccc2O)CC1)c1ccccc1. The maximum Gasteiger partial charge on any atom is 0.241 e. The molecule has 6 heteroatoms. The van der Waals surface area contributed by atoms with Gasteiger partial charge in [0.25, 0.3) is 0 Å². The number of rotatable bonds is 6. The Labute approximate surface area is 172 Å². The standard InChI is InChI=1S/C23H29N3O3/c1-17(2)26(19-8-4-3-5-9-19)22(28)16-25-14-12-18(13-15-25)23(29)24-20-10-6-7-11-21(20)27/h3-11,17-18,27H,12-16H2,1-2H3,(H,24,29). The highest BCUT2D eigenvalue weighted by Gasteiger charge is 2.28. The topological polar surface area (TPSA) is 72.9 Å². The van der Waals surface area contributed by atoms with Crippen molar-refractivity contribution >= 4 is 23.2 Å². The number of likely N-dealkylation sites (tertiary alicyclic amines) is 1. The quantitative estimate of drug-likeness (QED) is 0.735. The average Bonchev–Trinajstić information content (AvgIpc) is 2.71. The maximum absolute atomic E-state index is 12.9. The van der Waals surface area contributed by atoms with Crippen molar-refractivity contribution in [3.8, 4) is 5.75 Å². The summed E-state index contributed by atoms with van der Waals surface area (Å²) in [6.07, 6.45) is 1.39. The second-order valence-electron chi connectivity index (χ2n) is 7.75. The van der Waals surface area contributed by atoms with Crippen LogP contribution in [-0.2, 0) is 9.59 Å². The predicted octanol–water partition coefficient (Wildman–Crippen LogP) is 3.48. The fourth-order valence-electron chi connectivity index (χ4n) is 3.75. The fourth-order valence-corrected chi connectivity index (χ4v) is 3.75. The van der Waals surface area contributed by atoms with Crippen molar-refractivity contribution in [1.29, 1.82) is 0 Å². The molecule has 0 radical (unpaired) electrons. The van der Waals surface area contributed by atoms with E-state index in [0.717, 1.165) is 5.69 Å². The molecule has 29 heavy (non-hydrogen) atoms. The van der Waals surface area contributed by atoms with Crippen molar-refractivity contribution < 1.29 is 14.7 Å². The minimum atomic E-state index is -0.115. The van der Waals surface area contributed by atoms with Gasteiger partial charge in [0.2, 0.25) is 11.8 Å². The molecule has 6 nitrogen and oxygen atoms in total. The maximum atomic E-state index is 12.9. The molecule has 0 aliphatic carbocycles. The van der Waals surface area contributed by atoms with Crippen molar-refractivity contribution in [2.45, 2.75) is 32.7 Å². The van der Waals surface area contributed by atoms with Crippen LogP contribution in [0, 0.1) is 5.92 Å². The highest BCUT2D eigenvalue weighted by atomic mass is 16.3. The van der Waals surface area contributed by atoms with Crippen molar-refractivity contribution in [3.05, 3.63) is 54.6 Å². The van der Waals surface area contributed by atoms with Crippen LogP contribution in [0.25, 0.3) is 0 Å². The van der Waals surface area contributed by atoms with Crippen LogP contribution in [0.4, 0.5) is 11.4 Å². The molecule has 0 spiro atoms. The average molecular weight is 396 g/mol. The molecule has 2 N–H and O–H groups in total. The second kappa shape index (κ2) is 9.56. The van der Waals surface area contributed by atoms with Crippen molar-refractivity contribution in [2.75, 3.05) is 29.9 Å². The molecule has 1 saturated heterocycles. The highest BCUT2D eigenvalue weighted by Crippen LogP contribution is 2.25. The summed E-state index contributed by atoms with van der Waals surface area (Å²) in [5, 5.41) is 12.6. The number of anilines is 2. The summed E-state index contributed by atoms with van der Waals surface area (Å²) in [5.74, 6) is -0.0521. The van der Waals surface area contributed by atoms with Crippen LogP contribution in [0.5, 0.6) is 5.75 Å². The normalized spacial score (nSPS) is 15.3. The number of phenols is 1. The number of aromatic hydroxyl groups is 1. The van der Waals surface area contributed by atoms with Gasteiger partial charge in [-0.05, 0) is 64.0 Å². The van der Waals surface area contributed by atoms with Crippen LogP contribution >= 0.6 is 0 Å². The Kier molecular flexibility index (Phi) is 6.88. The van der Waals surface area contributed by atoms with Gasteiger partial charge in [-0.3, -0.25) is 14.5 Å². The molecule has 0 bridgehead atoms. The first-order valence-electron chi connectivity index (χ1n) is 10.1. The lowest BCUT2D eigenvalue weighted by Gasteiger charge is -2.34. The van der Waals surface area contributed by atoms with Gasteiger partial charge in [-0.25, -0.2) is 0 Å². The van der Waals surface area contributed by atoms with Crippen LogP contribution in [0.15, 0.2) is 54.6 Å². The summed E-state index contributed by atoms with van der Waals surface area (Å²) in [4.78, 5) is 29.4. The first kappa shape index (κ1) is 20.9. The molecular formula is C23H29N3O3. The number of amides is 2. The van der Waals surface area contributed by atoms with Crippen molar-refractivity contribution in [1.82, 2.24) is 4.90 Å². The first-order valence-corrected chi connectivity index (χ1v) is 10.1.